The van der Waals surface area contributed by atoms with E-state index in [-0.39, 0.29) is 5.75 Å². The second-order valence-corrected chi connectivity index (χ2v) is 5.20. The molecule has 0 atom stereocenters. The van der Waals surface area contributed by atoms with E-state index in [0.29, 0.717) is 16.9 Å². The van der Waals surface area contributed by atoms with Crippen LogP contribution >= 0.6 is 11.8 Å². The lowest BCUT2D eigenvalue weighted by atomic mass is 10.1. The van der Waals surface area contributed by atoms with Crippen LogP contribution in [-0.2, 0) is 0 Å². The minimum absolute atomic E-state index is 0.0884. The van der Waals surface area contributed by atoms with Crippen molar-refractivity contribution in [3.05, 3.63) is 42.9 Å². The number of nitrogens with one attached hydrogen (secondary N) is 1. The third-order valence-corrected chi connectivity index (χ3v) is 3.77. The van der Waals surface area contributed by atoms with Gasteiger partial charge >= 0.3 is 6.61 Å². The molecule has 0 spiro atoms. The molecule has 2 aromatic heterocycles. The molecule has 0 aliphatic carbocycles. The van der Waals surface area contributed by atoms with E-state index >= 15 is 0 Å². The van der Waals surface area contributed by atoms with Crippen LogP contribution in [0, 0.1) is 0 Å². The van der Waals surface area contributed by atoms with Crippen LogP contribution in [0.4, 0.5) is 8.78 Å². The number of alkyl halides is 2. The second-order valence-electron chi connectivity index (χ2n) is 4.32. The summed E-state index contributed by atoms with van der Waals surface area (Å²) in [7, 11) is 0. The van der Waals surface area contributed by atoms with Crippen molar-refractivity contribution in [2.24, 2.45) is 0 Å². The van der Waals surface area contributed by atoms with Gasteiger partial charge in [0.2, 0.25) is 0 Å². The van der Waals surface area contributed by atoms with Crippen LogP contribution in [0.15, 0.2) is 47.8 Å². The molecule has 0 saturated carbocycles. The minimum Gasteiger partial charge on any atom is -0.434 e. The number of aromatic amines is 1. The fraction of sp³-hybridized carbons (Fsp3) is 0.143. The summed E-state index contributed by atoms with van der Waals surface area (Å²) in [6, 6.07) is 6.81. The number of halogens is 2. The molecule has 114 valence electrons. The molecule has 0 unspecified atom stereocenters. The van der Waals surface area contributed by atoms with Crippen molar-refractivity contribution in [2.75, 3.05) is 6.26 Å². The van der Waals surface area contributed by atoms with Crippen molar-refractivity contribution in [2.45, 2.75) is 11.5 Å². The lowest BCUT2D eigenvalue weighted by molar-refractivity contribution is -0.0494. The first-order valence-corrected chi connectivity index (χ1v) is 7.58. The smallest absolute Gasteiger partial charge is 0.387 e. The normalized spacial score (nSPS) is 11.1. The molecule has 0 saturated heterocycles. The minimum atomic E-state index is -2.89. The summed E-state index contributed by atoms with van der Waals surface area (Å²) in [5, 5.41) is 11.0. The molecule has 0 bridgehead atoms. The number of hydrogen-bond acceptors (Lipinski definition) is 4. The van der Waals surface area contributed by atoms with E-state index < -0.39 is 6.61 Å². The third-order valence-electron chi connectivity index (χ3n) is 3.04. The average Bonchev–Trinajstić information content (AvgIpc) is 3.17. The molecular formula is C14H12F2N4OS. The maximum absolute atomic E-state index is 12.6. The maximum Gasteiger partial charge on any atom is 0.387 e. The zero-order valence-corrected chi connectivity index (χ0v) is 12.3. The van der Waals surface area contributed by atoms with Gasteiger partial charge in [0, 0.05) is 22.9 Å². The molecule has 0 fully saturated rings. The van der Waals surface area contributed by atoms with E-state index in [2.05, 4.69) is 20.0 Å². The lowest BCUT2D eigenvalue weighted by Crippen LogP contribution is -2.04. The quantitative estimate of drug-likeness (QED) is 0.729. The molecule has 3 rings (SSSR count). The Morgan fingerprint density at radius 2 is 2.23 bits per heavy atom. The summed E-state index contributed by atoms with van der Waals surface area (Å²) in [4.78, 5) is 0.928. The van der Waals surface area contributed by atoms with Gasteiger partial charge in [-0.15, -0.1) is 11.8 Å². The van der Waals surface area contributed by atoms with Crippen molar-refractivity contribution < 1.29 is 13.5 Å². The molecule has 0 amide bonds. The number of thioether (sulfide) groups is 1. The van der Waals surface area contributed by atoms with Crippen LogP contribution in [0.5, 0.6) is 5.75 Å². The van der Waals surface area contributed by atoms with Gasteiger partial charge in [0.25, 0.3) is 0 Å². The SMILES string of the molecule is CSc1ccc(OC(F)F)c(-c2[nH]ncc2-n2cccn2)c1. The van der Waals surface area contributed by atoms with Crippen molar-refractivity contribution in [3.8, 4) is 22.7 Å². The molecule has 3 aromatic rings. The highest BCUT2D eigenvalue weighted by Gasteiger charge is 2.17. The van der Waals surface area contributed by atoms with E-state index in [1.54, 1.807) is 41.5 Å². The highest BCUT2D eigenvalue weighted by molar-refractivity contribution is 7.98. The van der Waals surface area contributed by atoms with E-state index in [4.69, 9.17) is 0 Å². The summed E-state index contributed by atoms with van der Waals surface area (Å²) in [5.74, 6) is 0.0884. The Balaban J connectivity index is 2.13. The van der Waals surface area contributed by atoms with Gasteiger partial charge in [-0.1, -0.05) is 0 Å². The number of ether oxygens (including phenoxy) is 1. The van der Waals surface area contributed by atoms with Gasteiger partial charge < -0.3 is 4.74 Å². The summed E-state index contributed by atoms with van der Waals surface area (Å²) < 4.78 is 31.5. The number of hydrogen-bond donors (Lipinski definition) is 1. The zero-order chi connectivity index (χ0) is 15.5. The van der Waals surface area contributed by atoms with Crippen LogP contribution in [0.3, 0.4) is 0 Å². The van der Waals surface area contributed by atoms with Crippen LogP contribution in [0.1, 0.15) is 0 Å². The van der Waals surface area contributed by atoms with Gasteiger partial charge in [-0.05, 0) is 30.5 Å². The molecule has 0 aliphatic rings. The molecular weight excluding hydrogens is 310 g/mol. The predicted octanol–water partition coefficient (Wildman–Crippen LogP) is 3.59. The fourth-order valence-electron chi connectivity index (χ4n) is 2.09. The standard InChI is InChI=1S/C14H12F2N4OS/c1-22-9-3-4-12(21-14(15)16)10(7-9)13-11(8-17-19-13)20-6-2-5-18-20/h2-8,14H,1H3,(H,17,19). The highest BCUT2D eigenvalue weighted by Crippen LogP contribution is 2.36. The molecule has 8 heteroatoms. The molecule has 1 aromatic carbocycles. The summed E-state index contributed by atoms with van der Waals surface area (Å²) in [5.41, 5.74) is 1.73. The number of H-pyrrole nitrogens is 1. The van der Waals surface area contributed by atoms with Gasteiger partial charge in [-0.3, -0.25) is 5.10 Å². The van der Waals surface area contributed by atoms with Crippen LogP contribution in [0.25, 0.3) is 16.9 Å². The first-order valence-electron chi connectivity index (χ1n) is 6.35. The van der Waals surface area contributed by atoms with Crippen LogP contribution in [0.2, 0.25) is 0 Å². The first-order chi connectivity index (χ1) is 10.7. The van der Waals surface area contributed by atoms with E-state index in [9.17, 15) is 8.78 Å². The van der Waals surface area contributed by atoms with Gasteiger partial charge in [0.1, 0.15) is 11.4 Å². The van der Waals surface area contributed by atoms with E-state index in [0.717, 1.165) is 4.90 Å². The molecule has 5 nitrogen and oxygen atoms in total. The van der Waals surface area contributed by atoms with Crippen molar-refractivity contribution in [1.82, 2.24) is 20.0 Å². The Morgan fingerprint density at radius 3 is 2.91 bits per heavy atom. The maximum atomic E-state index is 12.6. The predicted molar refractivity (Wildman–Crippen MR) is 79.6 cm³/mol. The number of benzene rings is 1. The number of nitrogens with zero attached hydrogens (tertiary/aromatic N) is 3. The summed E-state index contributed by atoms with van der Waals surface area (Å²) in [6.45, 7) is -2.89. The zero-order valence-electron chi connectivity index (χ0n) is 11.5. The Labute approximate surface area is 129 Å². The number of aromatic nitrogens is 4. The molecule has 2 heterocycles. The monoisotopic (exact) mass is 322 g/mol. The Bertz CT molecular complexity index is 758. The van der Waals surface area contributed by atoms with Gasteiger partial charge in [0.15, 0.2) is 0 Å². The summed E-state index contributed by atoms with van der Waals surface area (Å²) in [6.07, 6.45) is 6.88. The van der Waals surface area contributed by atoms with Crippen molar-refractivity contribution in [3.63, 3.8) is 0 Å². The Morgan fingerprint density at radius 1 is 1.36 bits per heavy atom. The van der Waals surface area contributed by atoms with E-state index in [1.807, 2.05) is 6.26 Å². The highest BCUT2D eigenvalue weighted by atomic mass is 32.2. The van der Waals surface area contributed by atoms with Gasteiger partial charge in [0.05, 0.1) is 11.9 Å². The van der Waals surface area contributed by atoms with E-state index in [1.165, 1.54) is 17.8 Å². The second kappa shape index (κ2) is 6.18. The molecule has 22 heavy (non-hydrogen) atoms. The number of rotatable bonds is 5. The van der Waals surface area contributed by atoms with Gasteiger partial charge in [-0.2, -0.15) is 19.0 Å². The molecule has 0 aliphatic heterocycles. The fourth-order valence-corrected chi connectivity index (χ4v) is 2.53. The first kappa shape index (κ1) is 14.6. The van der Waals surface area contributed by atoms with Crippen LogP contribution in [-0.4, -0.2) is 32.8 Å². The Kier molecular flexibility index (Phi) is 4.10. The third kappa shape index (κ3) is 2.82. The van der Waals surface area contributed by atoms with Crippen molar-refractivity contribution >= 4 is 11.8 Å². The molecule has 0 radical (unpaired) electrons. The Hall–Kier alpha value is -2.35. The largest absolute Gasteiger partial charge is 0.434 e. The van der Waals surface area contributed by atoms with Crippen molar-refractivity contribution in [1.29, 1.82) is 0 Å². The average molecular weight is 322 g/mol. The summed E-state index contributed by atoms with van der Waals surface area (Å²) >= 11 is 1.51. The van der Waals surface area contributed by atoms with Crippen LogP contribution < -0.4 is 4.74 Å². The van der Waals surface area contributed by atoms with Gasteiger partial charge in [-0.25, -0.2) is 4.68 Å². The topological polar surface area (TPSA) is 55.7 Å². The molecule has 1 N–H and O–H groups in total. The lowest BCUT2D eigenvalue weighted by Gasteiger charge is -2.12.